The standard InChI is InChI=1S/C25H24N4O2S3/c1-2-31-24(30)16-9-11-29(12-10-16)25(32)26-17-7-8-18-19(15-17)28-23(21-6-4-14-34-21)22(27-18)20-5-3-13-33-20/h3-8,13-16H,2,9-12H2,1H3,(H,26,32). The molecule has 4 heterocycles. The van der Waals surface area contributed by atoms with E-state index in [1.807, 2.05) is 37.3 Å². The maximum absolute atomic E-state index is 12.0. The molecule has 1 N–H and O–H groups in total. The fourth-order valence-corrected chi connectivity index (χ4v) is 5.81. The lowest BCUT2D eigenvalue weighted by molar-refractivity contribution is -0.149. The van der Waals surface area contributed by atoms with Crippen LogP contribution in [0.1, 0.15) is 19.8 Å². The minimum Gasteiger partial charge on any atom is -0.466 e. The molecule has 0 saturated carbocycles. The number of hydrogen-bond acceptors (Lipinski definition) is 7. The van der Waals surface area contributed by atoms with Gasteiger partial charge in [0.2, 0.25) is 0 Å². The van der Waals surface area contributed by atoms with E-state index in [4.69, 9.17) is 26.9 Å². The molecule has 0 amide bonds. The SMILES string of the molecule is CCOC(=O)C1CCN(C(=S)Nc2ccc3nc(-c4cccs4)c(-c4cccs4)nc3c2)CC1. The lowest BCUT2D eigenvalue weighted by Gasteiger charge is -2.32. The van der Waals surface area contributed by atoms with Crippen LogP contribution in [0.25, 0.3) is 32.2 Å². The molecule has 0 unspecified atom stereocenters. The topological polar surface area (TPSA) is 67.3 Å². The minimum absolute atomic E-state index is 0.0387. The third kappa shape index (κ3) is 4.82. The second-order valence-corrected chi connectivity index (χ2v) is 10.3. The van der Waals surface area contributed by atoms with Crippen LogP contribution in [0.15, 0.2) is 53.2 Å². The first-order valence-corrected chi connectivity index (χ1v) is 13.4. The van der Waals surface area contributed by atoms with Crippen LogP contribution < -0.4 is 5.32 Å². The first kappa shape index (κ1) is 22.9. The summed E-state index contributed by atoms with van der Waals surface area (Å²) < 4.78 is 5.16. The summed E-state index contributed by atoms with van der Waals surface area (Å²) in [5, 5.41) is 8.12. The fraction of sp³-hybridized carbons (Fsp3) is 0.280. The summed E-state index contributed by atoms with van der Waals surface area (Å²) in [5.74, 6) is -0.138. The first-order valence-electron chi connectivity index (χ1n) is 11.2. The second-order valence-electron chi connectivity index (χ2n) is 8.02. The van der Waals surface area contributed by atoms with E-state index >= 15 is 0 Å². The lowest BCUT2D eigenvalue weighted by atomic mass is 9.97. The Morgan fingerprint density at radius 2 is 1.71 bits per heavy atom. The Labute approximate surface area is 211 Å². The van der Waals surface area contributed by atoms with Crippen molar-refractivity contribution in [1.29, 1.82) is 0 Å². The normalized spacial score (nSPS) is 14.3. The number of rotatable bonds is 5. The van der Waals surface area contributed by atoms with Gasteiger partial charge in [0.15, 0.2) is 5.11 Å². The van der Waals surface area contributed by atoms with Crippen LogP contribution in [-0.2, 0) is 9.53 Å². The van der Waals surface area contributed by atoms with Crippen molar-refractivity contribution >= 4 is 62.7 Å². The largest absolute Gasteiger partial charge is 0.466 e. The fourth-order valence-electron chi connectivity index (χ4n) is 4.08. The minimum atomic E-state index is -0.0995. The average Bonchev–Trinajstić information content (AvgIpc) is 3.58. The van der Waals surface area contributed by atoms with Crippen molar-refractivity contribution in [2.24, 2.45) is 5.92 Å². The molecule has 6 nitrogen and oxygen atoms in total. The Bertz CT molecular complexity index is 1300. The Kier molecular flexibility index (Phi) is 6.85. The quantitative estimate of drug-likeness (QED) is 0.260. The summed E-state index contributed by atoms with van der Waals surface area (Å²) in [6.07, 6.45) is 1.50. The van der Waals surface area contributed by atoms with E-state index in [0.717, 1.165) is 63.8 Å². The number of thiocarbonyl (C=S) groups is 1. The van der Waals surface area contributed by atoms with Crippen molar-refractivity contribution in [3.8, 4) is 21.1 Å². The van der Waals surface area contributed by atoms with Crippen LogP contribution in [0, 0.1) is 5.92 Å². The van der Waals surface area contributed by atoms with Gasteiger partial charge in [0.25, 0.3) is 0 Å². The summed E-state index contributed by atoms with van der Waals surface area (Å²) in [7, 11) is 0. The van der Waals surface area contributed by atoms with Gasteiger partial charge in [0.1, 0.15) is 11.4 Å². The number of benzene rings is 1. The summed E-state index contributed by atoms with van der Waals surface area (Å²) >= 11 is 8.99. The molecule has 0 aliphatic carbocycles. The first-order chi connectivity index (χ1) is 16.6. The van der Waals surface area contributed by atoms with Gasteiger partial charge in [0, 0.05) is 18.8 Å². The highest BCUT2D eigenvalue weighted by Crippen LogP contribution is 2.35. The highest BCUT2D eigenvalue weighted by Gasteiger charge is 2.27. The Hall–Kier alpha value is -2.88. The molecule has 3 aromatic heterocycles. The van der Waals surface area contributed by atoms with Crippen molar-refractivity contribution in [3.63, 3.8) is 0 Å². The van der Waals surface area contributed by atoms with Crippen LogP contribution >= 0.6 is 34.9 Å². The van der Waals surface area contributed by atoms with Crippen LogP contribution in [-0.4, -0.2) is 45.6 Å². The van der Waals surface area contributed by atoms with Gasteiger partial charge >= 0.3 is 5.97 Å². The number of likely N-dealkylation sites (tertiary alicyclic amines) is 1. The van der Waals surface area contributed by atoms with Crippen LogP contribution in [0.3, 0.4) is 0 Å². The van der Waals surface area contributed by atoms with Gasteiger partial charge in [-0.1, -0.05) is 12.1 Å². The summed E-state index contributed by atoms with van der Waals surface area (Å²) in [4.78, 5) is 26.3. The highest BCUT2D eigenvalue weighted by molar-refractivity contribution is 7.80. The molecule has 0 atom stereocenters. The molecular formula is C25H24N4O2S3. The zero-order chi connectivity index (χ0) is 23.5. The summed E-state index contributed by atoms with van der Waals surface area (Å²) in [6, 6.07) is 14.2. The van der Waals surface area contributed by atoms with Gasteiger partial charge in [-0.2, -0.15) is 0 Å². The third-order valence-electron chi connectivity index (χ3n) is 5.83. The van der Waals surface area contributed by atoms with E-state index in [-0.39, 0.29) is 11.9 Å². The molecule has 5 rings (SSSR count). The van der Waals surface area contributed by atoms with Gasteiger partial charge in [0.05, 0.1) is 33.3 Å². The zero-order valence-electron chi connectivity index (χ0n) is 18.7. The molecular weight excluding hydrogens is 485 g/mol. The number of fused-ring (bicyclic) bond motifs is 1. The Balaban J connectivity index is 1.36. The van der Waals surface area contributed by atoms with E-state index < -0.39 is 0 Å². The second kappa shape index (κ2) is 10.2. The van der Waals surface area contributed by atoms with E-state index in [1.54, 1.807) is 22.7 Å². The Morgan fingerprint density at radius 1 is 1.06 bits per heavy atom. The number of carbonyl (C=O) groups is 1. The lowest BCUT2D eigenvalue weighted by Crippen LogP contribution is -2.42. The predicted molar refractivity (Wildman–Crippen MR) is 143 cm³/mol. The molecule has 0 radical (unpaired) electrons. The van der Waals surface area contributed by atoms with E-state index in [9.17, 15) is 4.79 Å². The zero-order valence-corrected chi connectivity index (χ0v) is 21.1. The van der Waals surface area contributed by atoms with Gasteiger partial charge in [-0.05, 0) is 73.1 Å². The molecule has 1 fully saturated rings. The molecule has 1 aliphatic heterocycles. The van der Waals surface area contributed by atoms with E-state index in [0.29, 0.717) is 11.7 Å². The molecule has 0 bridgehead atoms. The molecule has 174 valence electrons. The van der Waals surface area contributed by atoms with Crippen LogP contribution in [0.5, 0.6) is 0 Å². The number of thiophene rings is 2. The number of hydrogen-bond donors (Lipinski definition) is 1. The monoisotopic (exact) mass is 508 g/mol. The van der Waals surface area contributed by atoms with Crippen molar-refractivity contribution in [1.82, 2.24) is 14.9 Å². The Morgan fingerprint density at radius 3 is 2.29 bits per heavy atom. The molecule has 1 aliphatic rings. The van der Waals surface area contributed by atoms with Crippen molar-refractivity contribution in [2.45, 2.75) is 19.8 Å². The summed E-state index contributed by atoms with van der Waals surface area (Å²) in [6.45, 7) is 3.73. The molecule has 1 aromatic carbocycles. The van der Waals surface area contributed by atoms with Gasteiger partial charge < -0.3 is 15.0 Å². The number of ether oxygens (including phenoxy) is 1. The third-order valence-corrected chi connectivity index (χ3v) is 7.94. The molecule has 1 saturated heterocycles. The maximum Gasteiger partial charge on any atom is 0.309 e. The van der Waals surface area contributed by atoms with E-state index in [1.165, 1.54) is 0 Å². The average molecular weight is 509 g/mol. The van der Waals surface area contributed by atoms with Crippen LogP contribution in [0.2, 0.25) is 0 Å². The van der Waals surface area contributed by atoms with Crippen molar-refractivity contribution in [3.05, 3.63) is 53.2 Å². The number of nitrogens with one attached hydrogen (secondary N) is 1. The van der Waals surface area contributed by atoms with Gasteiger partial charge in [-0.15, -0.1) is 22.7 Å². The van der Waals surface area contributed by atoms with Crippen LogP contribution in [0.4, 0.5) is 5.69 Å². The smallest absolute Gasteiger partial charge is 0.309 e. The van der Waals surface area contributed by atoms with Crippen molar-refractivity contribution in [2.75, 3.05) is 25.0 Å². The number of nitrogens with zero attached hydrogens (tertiary/aromatic N) is 3. The number of anilines is 1. The molecule has 4 aromatic rings. The molecule has 9 heteroatoms. The number of carbonyl (C=O) groups excluding carboxylic acids is 1. The molecule has 34 heavy (non-hydrogen) atoms. The summed E-state index contributed by atoms with van der Waals surface area (Å²) in [5.41, 5.74) is 4.34. The predicted octanol–water partition coefficient (Wildman–Crippen LogP) is 6.06. The van der Waals surface area contributed by atoms with E-state index in [2.05, 4.69) is 33.1 Å². The number of aromatic nitrogens is 2. The maximum atomic E-state index is 12.0. The number of piperidine rings is 1. The molecule has 0 spiro atoms. The highest BCUT2D eigenvalue weighted by atomic mass is 32.1. The van der Waals surface area contributed by atoms with Crippen molar-refractivity contribution < 1.29 is 9.53 Å². The van der Waals surface area contributed by atoms with Gasteiger partial charge in [-0.3, -0.25) is 4.79 Å². The number of esters is 1. The van der Waals surface area contributed by atoms with Gasteiger partial charge in [-0.25, -0.2) is 9.97 Å².